The highest BCUT2D eigenvalue weighted by atomic mass is 32.2. The fourth-order valence-electron chi connectivity index (χ4n) is 2.97. The molecule has 0 aromatic heterocycles. The molecule has 3 nitrogen and oxygen atoms in total. The number of nitrogens with two attached hydrogens (primary N) is 1. The fourth-order valence-corrected chi connectivity index (χ4v) is 4.99. The minimum absolute atomic E-state index is 0.176. The first kappa shape index (κ1) is 15.0. The topological polar surface area (TPSA) is 60.2 Å². The molecule has 1 aliphatic rings. The van der Waals surface area contributed by atoms with E-state index in [2.05, 4.69) is 6.92 Å². The summed E-state index contributed by atoms with van der Waals surface area (Å²) in [4.78, 5) is 0. The summed E-state index contributed by atoms with van der Waals surface area (Å²) in [6.07, 6.45) is 5.27. The Hall–Kier alpha value is -0.0900. The van der Waals surface area contributed by atoms with E-state index in [0.29, 0.717) is 12.5 Å². The molecule has 3 atom stereocenters. The van der Waals surface area contributed by atoms with Gasteiger partial charge in [-0.15, -0.1) is 0 Å². The van der Waals surface area contributed by atoms with Crippen molar-refractivity contribution in [3.05, 3.63) is 0 Å². The van der Waals surface area contributed by atoms with Gasteiger partial charge in [0.1, 0.15) is 0 Å². The van der Waals surface area contributed by atoms with Crippen molar-refractivity contribution >= 4 is 9.84 Å². The summed E-state index contributed by atoms with van der Waals surface area (Å²) in [5.41, 5.74) is 5.75. The molecule has 0 radical (unpaired) electrons. The normalized spacial score (nSPS) is 30.8. The van der Waals surface area contributed by atoms with Crippen LogP contribution in [0.4, 0.5) is 0 Å². The molecule has 4 heteroatoms. The molecule has 0 aliphatic heterocycles. The van der Waals surface area contributed by atoms with Crippen molar-refractivity contribution in [1.82, 2.24) is 0 Å². The molecule has 0 aromatic rings. The van der Waals surface area contributed by atoms with Gasteiger partial charge in [0.2, 0.25) is 0 Å². The molecule has 0 spiro atoms. The predicted octanol–water partition coefficient (Wildman–Crippen LogP) is 2.35. The lowest BCUT2D eigenvalue weighted by Gasteiger charge is -2.36. The second-order valence-electron chi connectivity index (χ2n) is 5.64. The van der Waals surface area contributed by atoms with Crippen molar-refractivity contribution in [2.45, 2.75) is 63.4 Å². The third kappa shape index (κ3) is 3.44. The van der Waals surface area contributed by atoms with Crippen LogP contribution in [0.2, 0.25) is 0 Å². The van der Waals surface area contributed by atoms with Gasteiger partial charge in [-0.3, -0.25) is 0 Å². The second kappa shape index (κ2) is 6.19. The largest absolute Gasteiger partial charge is 0.330 e. The van der Waals surface area contributed by atoms with Gasteiger partial charge in [-0.1, -0.05) is 26.2 Å². The van der Waals surface area contributed by atoms with Crippen LogP contribution in [0, 0.1) is 11.8 Å². The molecule has 0 amide bonds. The van der Waals surface area contributed by atoms with Crippen LogP contribution in [0.5, 0.6) is 0 Å². The fraction of sp³-hybridized carbons (Fsp3) is 1.00. The Morgan fingerprint density at radius 1 is 1.29 bits per heavy atom. The van der Waals surface area contributed by atoms with E-state index < -0.39 is 9.84 Å². The van der Waals surface area contributed by atoms with Crippen LogP contribution in [0.15, 0.2) is 0 Å². The van der Waals surface area contributed by atoms with E-state index in [4.69, 9.17) is 5.73 Å². The summed E-state index contributed by atoms with van der Waals surface area (Å²) in [5, 5.41) is -0.472. The molecule has 0 heterocycles. The first-order valence-electron chi connectivity index (χ1n) is 6.86. The number of sulfone groups is 1. The summed E-state index contributed by atoms with van der Waals surface area (Å²) < 4.78 is 24.7. The summed E-state index contributed by atoms with van der Waals surface area (Å²) in [6, 6.07) is 0. The van der Waals surface area contributed by atoms with Crippen molar-refractivity contribution < 1.29 is 8.42 Å². The zero-order valence-corrected chi connectivity index (χ0v) is 12.2. The Bertz CT molecular complexity index is 324. The molecule has 2 N–H and O–H groups in total. The van der Waals surface area contributed by atoms with Crippen molar-refractivity contribution in [3.63, 3.8) is 0 Å². The van der Waals surface area contributed by atoms with Gasteiger partial charge in [0.15, 0.2) is 9.84 Å². The quantitative estimate of drug-likeness (QED) is 0.826. The lowest BCUT2D eigenvalue weighted by atomic mass is 9.80. The van der Waals surface area contributed by atoms with E-state index >= 15 is 0 Å². The van der Waals surface area contributed by atoms with Gasteiger partial charge in [-0.25, -0.2) is 8.42 Å². The van der Waals surface area contributed by atoms with E-state index in [0.717, 1.165) is 32.1 Å². The van der Waals surface area contributed by atoms with Crippen LogP contribution >= 0.6 is 0 Å². The summed E-state index contributed by atoms with van der Waals surface area (Å²) in [7, 11) is -2.99. The Kier molecular flexibility index (Phi) is 5.45. The van der Waals surface area contributed by atoms with Crippen molar-refractivity contribution in [3.8, 4) is 0 Å². The maximum Gasteiger partial charge on any atom is 0.155 e. The highest BCUT2D eigenvalue weighted by Gasteiger charge is 2.39. The Morgan fingerprint density at radius 3 is 2.41 bits per heavy atom. The van der Waals surface area contributed by atoms with Crippen LogP contribution < -0.4 is 5.73 Å². The minimum atomic E-state index is -2.99. The molecule has 0 saturated heterocycles. The predicted molar refractivity (Wildman–Crippen MR) is 72.6 cm³/mol. The van der Waals surface area contributed by atoms with Gasteiger partial charge in [0.05, 0.1) is 10.5 Å². The van der Waals surface area contributed by atoms with Crippen LogP contribution in [0.1, 0.15) is 52.9 Å². The van der Waals surface area contributed by atoms with E-state index in [-0.39, 0.29) is 16.4 Å². The van der Waals surface area contributed by atoms with Crippen LogP contribution in [-0.2, 0) is 9.84 Å². The number of hydrogen-bond acceptors (Lipinski definition) is 3. The van der Waals surface area contributed by atoms with Crippen LogP contribution in [-0.4, -0.2) is 25.5 Å². The van der Waals surface area contributed by atoms with E-state index in [1.807, 2.05) is 0 Å². The highest BCUT2D eigenvalue weighted by molar-refractivity contribution is 7.92. The molecule has 1 saturated carbocycles. The molecule has 1 rings (SSSR count). The van der Waals surface area contributed by atoms with Gasteiger partial charge in [-0.05, 0) is 45.1 Å². The first-order valence-corrected chi connectivity index (χ1v) is 8.47. The Balaban J connectivity index is 2.83. The molecule has 102 valence electrons. The molecule has 1 fully saturated rings. The van der Waals surface area contributed by atoms with E-state index in [1.165, 1.54) is 0 Å². The van der Waals surface area contributed by atoms with Crippen molar-refractivity contribution in [2.24, 2.45) is 17.6 Å². The molecule has 17 heavy (non-hydrogen) atoms. The van der Waals surface area contributed by atoms with Crippen LogP contribution in [0.3, 0.4) is 0 Å². The zero-order chi connectivity index (χ0) is 13.1. The van der Waals surface area contributed by atoms with E-state index in [9.17, 15) is 8.42 Å². The lowest BCUT2D eigenvalue weighted by Crippen LogP contribution is -2.42. The Labute approximate surface area is 106 Å². The third-order valence-corrected chi connectivity index (χ3v) is 6.85. The maximum absolute atomic E-state index is 12.3. The summed E-state index contributed by atoms with van der Waals surface area (Å²) >= 11 is 0. The number of hydrogen-bond donors (Lipinski definition) is 1. The first-order chi connectivity index (χ1) is 7.93. The SMILES string of the molecule is CCCC1CCC(CN)C(S(=O)(=O)C(C)C)C1. The average molecular weight is 261 g/mol. The third-order valence-electron chi connectivity index (χ3n) is 4.12. The second-order valence-corrected chi connectivity index (χ2v) is 8.37. The molecule has 1 aliphatic carbocycles. The smallest absolute Gasteiger partial charge is 0.155 e. The summed E-state index contributed by atoms with van der Waals surface area (Å²) in [5.74, 6) is 0.761. The van der Waals surface area contributed by atoms with E-state index in [1.54, 1.807) is 13.8 Å². The van der Waals surface area contributed by atoms with Gasteiger partial charge in [0.25, 0.3) is 0 Å². The molecule has 3 unspecified atom stereocenters. The number of rotatable bonds is 5. The van der Waals surface area contributed by atoms with Crippen LogP contribution in [0.25, 0.3) is 0 Å². The molecular formula is C13H27NO2S. The monoisotopic (exact) mass is 261 g/mol. The average Bonchev–Trinajstić information content (AvgIpc) is 2.29. The van der Waals surface area contributed by atoms with Crippen molar-refractivity contribution in [2.75, 3.05) is 6.54 Å². The Morgan fingerprint density at radius 2 is 1.94 bits per heavy atom. The zero-order valence-electron chi connectivity index (χ0n) is 11.4. The molecule has 0 bridgehead atoms. The minimum Gasteiger partial charge on any atom is -0.330 e. The summed E-state index contributed by atoms with van der Waals surface area (Å²) in [6.45, 7) is 6.25. The van der Waals surface area contributed by atoms with Gasteiger partial charge >= 0.3 is 0 Å². The van der Waals surface area contributed by atoms with Gasteiger partial charge in [0, 0.05) is 0 Å². The maximum atomic E-state index is 12.3. The standard InChI is InChI=1S/C13H27NO2S/c1-4-5-11-6-7-12(9-14)13(8-11)17(15,16)10(2)3/h10-13H,4-9,14H2,1-3H3. The lowest BCUT2D eigenvalue weighted by molar-refractivity contribution is 0.267. The highest BCUT2D eigenvalue weighted by Crippen LogP contribution is 2.36. The molecular weight excluding hydrogens is 234 g/mol. The molecule has 0 aromatic carbocycles. The van der Waals surface area contributed by atoms with Gasteiger partial charge in [-0.2, -0.15) is 0 Å². The van der Waals surface area contributed by atoms with Gasteiger partial charge < -0.3 is 5.73 Å². The van der Waals surface area contributed by atoms with Crippen molar-refractivity contribution in [1.29, 1.82) is 0 Å².